The van der Waals surface area contributed by atoms with Gasteiger partial charge in [-0.15, -0.1) is 0 Å². The van der Waals surface area contributed by atoms with Crippen molar-refractivity contribution in [2.24, 2.45) is 0 Å². The van der Waals surface area contributed by atoms with Gasteiger partial charge >= 0.3 is 0 Å². The van der Waals surface area contributed by atoms with Gasteiger partial charge in [0.05, 0.1) is 12.8 Å². The van der Waals surface area contributed by atoms with Crippen LogP contribution >= 0.6 is 0 Å². The van der Waals surface area contributed by atoms with Gasteiger partial charge in [-0.25, -0.2) is 9.07 Å². The lowest BCUT2D eigenvalue weighted by Gasteiger charge is -2.32. The van der Waals surface area contributed by atoms with E-state index in [-0.39, 0.29) is 23.5 Å². The zero-order valence-corrected chi connectivity index (χ0v) is 18.9. The van der Waals surface area contributed by atoms with Gasteiger partial charge in [0, 0.05) is 36.9 Å². The fourth-order valence-electron chi connectivity index (χ4n) is 4.96. The quantitative estimate of drug-likeness (QED) is 0.621. The number of piperidine rings is 1. The average molecular weight is 449 g/mol. The molecule has 0 unspecified atom stereocenters. The number of benzene rings is 2. The van der Waals surface area contributed by atoms with Crippen molar-refractivity contribution in [1.82, 2.24) is 20.0 Å². The van der Waals surface area contributed by atoms with Gasteiger partial charge in [0.2, 0.25) is 0 Å². The molecule has 172 valence electrons. The van der Waals surface area contributed by atoms with E-state index in [4.69, 9.17) is 9.84 Å². The maximum Gasteiger partial charge on any atom is 0.272 e. The number of rotatable bonds is 6. The van der Waals surface area contributed by atoms with Gasteiger partial charge in [-0.2, -0.15) is 5.10 Å². The molecule has 1 amide bonds. The number of halogens is 1. The SMILES string of the molecule is COc1ccc(CN2CCC(NC(=O)c3nn(-c4ccccc4)c4c3CCC4)CC2)cc1F. The molecule has 33 heavy (non-hydrogen) atoms. The van der Waals surface area contributed by atoms with E-state index in [9.17, 15) is 9.18 Å². The lowest BCUT2D eigenvalue weighted by Crippen LogP contribution is -2.44. The predicted octanol–water partition coefficient (Wildman–Crippen LogP) is 3.90. The van der Waals surface area contributed by atoms with Gasteiger partial charge < -0.3 is 10.1 Å². The molecule has 5 rings (SSSR count). The number of nitrogens with one attached hydrogen (secondary N) is 1. The number of fused-ring (bicyclic) bond motifs is 1. The lowest BCUT2D eigenvalue weighted by molar-refractivity contribution is 0.0902. The summed E-state index contributed by atoms with van der Waals surface area (Å²) in [6, 6.07) is 15.3. The molecule has 1 aromatic heterocycles. The van der Waals surface area contributed by atoms with Crippen LogP contribution in [0.4, 0.5) is 4.39 Å². The van der Waals surface area contributed by atoms with Gasteiger partial charge in [0.15, 0.2) is 17.3 Å². The molecule has 2 aliphatic rings. The Labute approximate surface area is 193 Å². The highest BCUT2D eigenvalue weighted by molar-refractivity contribution is 5.94. The molecule has 1 N–H and O–H groups in total. The Morgan fingerprint density at radius 3 is 2.67 bits per heavy atom. The second-order valence-corrected chi connectivity index (χ2v) is 8.87. The van der Waals surface area contributed by atoms with Crippen molar-refractivity contribution in [1.29, 1.82) is 0 Å². The zero-order valence-electron chi connectivity index (χ0n) is 18.9. The zero-order chi connectivity index (χ0) is 22.8. The molecule has 2 heterocycles. The van der Waals surface area contributed by atoms with Crippen molar-refractivity contribution in [3.63, 3.8) is 0 Å². The molecule has 0 atom stereocenters. The van der Waals surface area contributed by atoms with Crippen LogP contribution in [0.2, 0.25) is 0 Å². The summed E-state index contributed by atoms with van der Waals surface area (Å²) in [5.74, 6) is -0.139. The minimum Gasteiger partial charge on any atom is -0.494 e. The van der Waals surface area contributed by atoms with Crippen LogP contribution < -0.4 is 10.1 Å². The molecule has 0 saturated carbocycles. The van der Waals surface area contributed by atoms with Crippen molar-refractivity contribution >= 4 is 5.91 Å². The number of amides is 1. The predicted molar refractivity (Wildman–Crippen MR) is 124 cm³/mol. The molecule has 1 fully saturated rings. The minimum atomic E-state index is -0.334. The average Bonchev–Trinajstić information content (AvgIpc) is 3.44. The smallest absolute Gasteiger partial charge is 0.272 e. The monoisotopic (exact) mass is 448 g/mol. The second-order valence-electron chi connectivity index (χ2n) is 8.87. The molecule has 0 radical (unpaired) electrons. The summed E-state index contributed by atoms with van der Waals surface area (Å²) in [5, 5.41) is 7.93. The molecule has 2 aromatic carbocycles. The number of hydrogen-bond donors (Lipinski definition) is 1. The van der Waals surface area contributed by atoms with Gasteiger partial charge in [-0.05, 0) is 61.9 Å². The van der Waals surface area contributed by atoms with Gasteiger partial charge in [-0.3, -0.25) is 9.69 Å². The van der Waals surface area contributed by atoms with E-state index in [1.807, 2.05) is 41.1 Å². The number of nitrogens with zero attached hydrogens (tertiary/aromatic N) is 3. The highest BCUT2D eigenvalue weighted by Gasteiger charge is 2.29. The lowest BCUT2D eigenvalue weighted by atomic mass is 10.0. The van der Waals surface area contributed by atoms with E-state index in [1.165, 1.54) is 13.2 Å². The van der Waals surface area contributed by atoms with Gasteiger partial charge in [0.25, 0.3) is 5.91 Å². The summed E-state index contributed by atoms with van der Waals surface area (Å²) in [4.78, 5) is 15.4. The Morgan fingerprint density at radius 1 is 1.15 bits per heavy atom. The van der Waals surface area contributed by atoms with Crippen molar-refractivity contribution in [3.05, 3.63) is 76.9 Å². The van der Waals surface area contributed by atoms with E-state index in [1.54, 1.807) is 6.07 Å². The fourth-order valence-corrected chi connectivity index (χ4v) is 4.96. The number of likely N-dealkylation sites (tertiary alicyclic amines) is 1. The first-order valence-corrected chi connectivity index (χ1v) is 11.6. The van der Waals surface area contributed by atoms with Crippen molar-refractivity contribution in [2.45, 2.75) is 44.7 Å². The van der Waals surface area contributed by atoms with Crippen LogP contribution in [0.3, 0.4) is 0 Å². The molecule has 1 saturated heterocycles. The van der Waals surface area contributed by atoms with Crippen LogP contribution in [0.1, 0.15) is 46.6 Å². The van der Waals surface area contributed by atoms with E-state index < -0.39 is 0 Å². The van der Waals surface area contributed by atoms with Crippen LogP contribution in [0.15, 0.2) is 48.5 Å². The maximum absolute atomic E-state index is 14.0. The Balaban J connectivity index is 1.20. The normalized spacial score (nSPS) is 16.5. The first-order valence-electron chi connectivity index (χ1n) is 11.6. The van der Waals surface area contributed by atoms with Crippen molar-refractivity contribution in [3.8, 4) is 11.4 Å². The highest BCUT2D eigenvalue weighted by Crippen LogP contribution is 2.28. The molecule has 1 aliphatic carbocycles. The largest absolute Gasteiger partial charge is 0.494 e. The van der Waals surface area contributed by atoms with Crippen molar-refractivity contribution < 1.29 is 13.9 Å². The van der Waals surface area contributed by atoms with Crippen LogP contribution in [0, 0.1) is 5.82 Å². The summed E-state index contributed by atoms with van der Waals surface area (Å²) in [6.45, 7) is 2.40. The summed E-state index contributed by atoms with van der Waals surface area (Å²) >= 11 is 0. The van der Waals surface area contributed by atoms with E-state index in [0.717, 1.165) is 67.7 Å². The first kappa shape index (κ1) is 21.6. The number of carbonyl (C=O) groups is 1. The number of para-hydroxylation sites is 1. The van der Waals surface area contributed by atoms with E-state index >= 15 is 0 Å². The third-order valence-corrected chi connectivity index (χ3v) is 6.69. The standard InChI is InChI=1S/C26H29FN4O2/c1-33-24-11-10-18(16-22(24)27)17-30-14-12-19(13-15-30)28-26(32)25-21-8-5-9-23(21)31(29-25)20-6-3-2-4-7-20/h2-4,6-7,10-11,16,19H,5,8-9,12-15,17H2,1H3,(H,28,32). The molecule has 3 aromatic rings. The topological polar surface area (TPSA) is 59.4 Å². The fraction of sp³-hybridized carbons (Fsp3) is 0.385. The molecule has 7 heteroatoms. The maximum atomic E-state index is 14.0. The van der Waals surface area contributed by atoms with Crippen LogP contribution in [-0.2, 0) is 19.4 Å². The van der Waals surface area contributed by atoms with Gasteiger partial charge in [-0.1, -0.05) is 24.3 Å². The minimum absolute atomic E-state index is 0.0708. The molecule has 6 nitrogen and oxygen atoms in total. The Hall–Kier alpha value is -3.19. The molecular weight excluding hydrogens is 419 g/mol. The number of ether oxygens (including phenoxy) is 1. The number of methoxy groups -OCH3 is 1. The molecule has 0 bridgehead atoms. The molecule has 1 aliphatic heterocycles. The van der Waals surface area contributed by atoms with Crippen LogP contribution in [-0.4, -0.2) is 46.8 Å². The summed E-state index contributed by atoms with van der Waals surface area (Å²) in [7, 11) is 1.47. The second kappa shape index (κ2) is 9.35. The van der Waals surface area contributed by atoms with E-state index in [0.29, 0.717) is 12.2 Å². The summed E-state index contributed by atoms with van der Waals surface area (Å²) < 4.78 is 20.9. The van der Waals surface area contributed by atoms with Crippen molar-refractivity contribution in [2.75, 3.05) is 20.2 Å². The Bertz CT molecular complexity index is 1140. The van der Waals surface area contributed by atoms with Crippen LogP contribution in [0.25, 0.3) is 5.69 Å². The summed E-state index contributed by atoms with van der Waals surface area (Å²) in [6.07, 6.45) is 4.65. The number of hydrogen-bond acceptors (Lipinski definition) is 4. The highest BCUT2D eigenvalue weighted by atomic mass is 19.1. The molecular formula is C26H29FN4O2. The molecule has 0 spiro atoms. The number of aromatic nitrogens is 2. The first-order chi connectivity index (χ1) is 16.1. The van der Waals surface area contributed by atoms with E-state index in [2.05, 4.69) is 10.2 Å². The Morgan fingerprint density at radius 2 is 1.94 bits per heavy atom. The number of carbonyl (C=O) groups excluding carboxylic acids is 1. The third-order valence-electron chi connectivity index (χ3n) is 6.69. The third kappa shape index (κ3) is 4.50. The Kier molecular flexibility index (Phi) is 6.13. The van der Waals surface area contributed by atoms with Crippen LogP contribution in [0.5, 0.6) is 5.75 Å². The summed E-state index contributed by atoms with van der Waals surface area (Å²) in [5.41, 5.74) is 4.75. The van der Waals surface area contributed by atoms with Gasteiger partial charge in [0.1, 0.15) is 0 Å².